The average molecular weight is 261 g/mol. The molecule has 2 aromatic rings. The molecule has 0 saturated carbocycles. The van der Waals surface area contributed by atoms with Gasteiger partial charge < -0.3 is 9.84 Å². The molecule has 0 aromatic carbocycles. The molecule has 5 heteroatoms. The molecule has 0 aliphatic rings. The van der Waals surface area contributed by atoms with E-state index in [2.05, 4.69) is 30.9 Å². The Bertz CT molecular complexity index is 544. The third kappa shape index (κ3) is 3.32. The summed E-state index contributed by atoms with van der Waals surface area (Å²) in [7, 11) is 0. The maximum absolute atomic E-state index is 8.74. The van der Waals surface area contributed by atoms with E-state index in [1.165, 1.54) is 0 Å². The molecule has 0 saturated heterocycles. The number of aromatic nitrogens is 3. The zero-order valence-corrected chi connectivity index (χ0v) is 11.5. The van der Waals surface area contributed by atoms with Crippen LogP contribution < -0.4 is 4.74 Å². The van der Waals surface area contributed by atoms with Crippen molar-refractivity contribution in [1.82, 2.24) is 14.8 Å². The number of pyridine rings is 1. The van der Waals surface area contributed by atoms with Gasteiger partial charge in [0.25, 0.3) is 0 Å². The zero-order chi connectivity index (χ0) is 13.9. The standard InChI is InChI=1S/C14H19N3O2/c1-14(2,3)13-4-5-17(16-13)11-8-12(10-15-9-11)19-7-6-18/h4-5,8-10,18H,6-7H2,1-3H3. The lowest BCUT2D eigenvalue weighted by Gasteiger charge is -2.14. The number of hydrogen-bond donors (Lipinski definition) is 1. The fourth-order valence-electron chi connectivity index (χ4n) is 1.64. The quantitative estimate of drug-likeness (QED) is 0.913. The molecule has 0 bridgehead atoms. The van der Waals surface area contributed by atoms with Crippen LogP contribution in [0, 0.1) is 0 Å². The highest BCUT2D eigenvalue weighted by atomic mass is 16.5. The highest BCUT2D eigenvalue weighted by molar-refractivity contribution is 5.35. The summed E-state index contributed by atoms with van der Waals surface area (Å²) in [5.74, 6) is 0.624. The van der Waals surface area contributed by atoms with E-state index in [4.69, 9.17) is 9.84 Å². The van der Waals surface area contributed by atoms with Crippen LogP contribution in [0.3, 0.4) is 0 Å². The van der Waals surface area contributed by atoms with E-state index in [9.17, 15) is 0 Å². The van der Waals surface area contributed by atoms with Gasteiger partial charge in [0.15, 0.2) is 0 Å². The molecule has 0 amide bonds. The number of aliphatic hydroxyl groups excluding tert-OH is 1. The van der Waals surface area contributed by atoms with Gasteiger partial charge in [-0.3, -0.25) is 4.98 Å². The maximum atomic E-state index is 8.74. The molecular weight excluding hydrogens is 242 g/mol. The topological polar surface area (TPSA) is 60.2 Å². The van der Waals surface area contributed by atoms with Crippen molar-refractivity contribution in [2.24, 2.45) is 0 Å². The molecule has 5 nitrogen and oxygen atoms in total. The van der Waals surface area contributed by atoms with Crippen molar-refractivity contribution < 1.29 is 9.84 Å². The van der Waals surface area contributed by atoms with Crippen LogP contribution >= 0.6 is 0 Å². The number of nitrogens with zero attached hydrogens (tertiary/aromatic N) is 3. The fourth-order valence-corrected chi connectivity index (χ4v) is 1.64. The normalized spacial score (nSPS) is 11.6. The fraction of sp³-hybridized carbons (Fsp3) is 0.429. The van der Waals surface area contributed by atoms with Gasteiger partial charge in [-0.15, -0.1) is 0 Å². The van der Waals surface area contributed by atoms with E-state index in [1.54, 1.807) is 17.1 Å². The minimum absolute atomic E-state index is 0.0137. The minimum Gasteiger partial charge on any atom is -0.490 e. The molecule has 2 heterocycles. The summed E-state index contributed by atoms with van der Waals surface area (Å²) in [4.78, 5) is 4.12. The van der Waals surface area contributed by atoms with Crippen molar-refractivity contribution in [3.8, 4) is 11.4 Å². The Kier molecular flexibility index (Phi) is 3.85. The summed E-state index contributed by atoms with van der Waals surface area (Å²) >= 11 is 0. The Morgan fingerprint density at radius 3 is 2.74 bits per heavy atom. The van der Waals surface area contributed by atoms with E-state index >= 15 is 0 Å². The Morgan fingerprint density at radius 1 is 1.32 bits per heavy atom. The first-order chi connectivity index (χ1) is 9.00. The predicted molar refractivity (Wildman–Crippen MR) is 72.6 cm³/mol. The first-order valence-corrected chi connectivity index (χ1v) is 6.26. The summed E-state index contributed by atoms with van der Waals surface area (Å²) in [6.07, 6.45) is 5.26. The van der Waals surface area contributed by atoms with Crippen LogP contribution in [-0.2, 0) is 5.41 Å². The van der Waals surface area contributed by atoms with Gasteiger partial charge in [0.2, 0.25) is 0 Å². The lowest BCUT2D eigenvalue weighted by molar-refractivity contribution is 0.201. The molecule has 0 unspecified atom stereocenters. The SMILES string of the molecule is CC(C)(C)c1ccn(-c2cncc(OCCO)c2)n1. The number of hydrogen-bond acceptors (Lipinski definition) is 4. The zero-order valence-electron chi connectivity index (χ0n) is 11.5. The van der Waals surface area contributed by atoms with Crippen LogP contribution in [0.25, 0.3) is 5.69 Å². The third-order valence-electron chi connectivity index (χ3n) is 2.68. The molecule has 2 rings (SSSR count). The smallest absolute Gasteiger partial charge is 0.139 e. The van der Waals surface area contributed by atoms with Gasteiger partial charge in [-0.25, -0.2) is 4.68 Å². The molecule has 2 aromatic heterocycles. The number of ether oxygens (including phenoxy) is 1. The first kappa shape index (κ1) is 13.5. The summed E-state index contributed by atoms with van der Waals surface area (Å²) in [5, 5.41) is 13.3. The molecule has 0 spiro atoms. The summed E-state index contributed by atoms with van der Waals surface area (Å²) in [6, 6.07) is 3.85. The Morgan fingerprint density at radius 2 is 2.11 bits per heavy atom. The van der Waals surface area contributed by atoms with Gasteiger partial charge in [-0.05, 0) is 6.07 Å². The van der Waals surface area contributed by atoms with Gasteiger partial charge >= 0.3 is 0 Å². The lowest BCUT2D eigenvalue weighted by Crippen LogP contribution is -2.12. The van der Waals surface area contributed by atoms with E-state index in [0.717, 1.165) is 11.4 Å². The summed E-state index contributed by atoms with van der Waals surface area (Å²) in [6.45, 7) is 6.62. The van der Waals surface area contributed by atoms with E-state index in [-0.39, 0.29) is 18.6 Å². The Hall–Kier alpha value is -1.88. The van der Waals surface area contributed by atoms with Crippen molar-refractivity contribution in [1.29, 1.82) is 0 Å². The van der Waals surface area contributed by atoms with Crippen LogP contribution in [0.1, 0.15) is 26.5 Å². The van der Waals surface area contributed by atoms with Gasteiger partial charge in [-0.1, -0.05) is 20.8 Å². The first-order valence-electron chi connectivity index (χ1n) is 6.26. The van der Waals surface area contributed by atoms with Crippen LogP contribution in [0.15, 0.2) is 30.7 Å². The van der Waals surface area contributed by atoms with Crippen LogP contribution in [0.5, 0.6) is 5.75 Å². The lowest BCUT2D eigenvalue weighted by atomic mass is 9.93. The molecule has 19 heavy (non-hydrogen) atoms. The highest BCUT2D eigenvalue weighted by Gasteiger charge is 2.17. The largest absolute Gasteiger partial charge is 0.490 e. The second kappa shape index (κ2) is 5.40. The van der Waals surface area contributed by atoms with Crippen molar-refractivity contribution in [2.45, 2.75) is 26.2 Å². The van der Waals surface area contributed by atoms with Gasteiger partial charge in [0.05, 0.1) is 30.4 Å². The predicted octanol–water partition coefficient (Wildman–Crippen LogP) is 1.94. The molecule has 102 valence electrons. The van der Waals surface area contributed by atoms with Gasteiger partial charge in [-0.2, -0.15) is 5.10 Å². The van der Waals surface area contributed by atoms with E-state index in [0.29, 0.717) is 5.75 Å². The molecule has 0 radical (unpaired) electrons. The van der Waals surface area contributed by atoms with Gasteiger partial charge in [0.1, 0.15) is 12.4 Å². The van der Waals surface area contributed by atoms with Crippen LogP contribution in [0.4, 0.5) is 0 Å². The van der Waals surface area contributed by atoms with E-state index in [1.807, 2.05) is 18.3 Å². The third-order valence-corrected chi connectivity index (χ3v) is 2.68. The number of rotatable bonds is 4. The van der Waals surface area contributed by atoms with Crippen molar-refractivity contribution in [2.75, 3.05) is 13.2 Å². The highest BCUT2D eigenvalue weighted by Crippen LogP contribution is 2.21. The monoisotopic (exact) mass is 261 g/mol. The Labute approximate surface area is 112 Å². The second-order valence-electron chi connectivity index (χ2n) is 5.35. The van der Waals surface area contributed by atoms with Crippen LogP contribution in [0.2, 0.25) is 0 Å². The van der Waals surface area contributed by atoms with Crippen molar-refractivity contribution >= 4 is 0 Å². The molecule has 0 aliphatic carbocycles. The Balaban J connectivity index is 2.24. The van der Waals surface area contributed by atoms with E-state index < -0.39 is 0 Å². The van der Waals surface area contributed by atoms with Crippen molar-refractivity contribution in [3.05, 3.63) is 36.4 Å². The van der Waals surface area contributed by atoms with Gasteiger partial charge in [0, 0.05) is 17.7 Å². The molecular formula is C14H19N3O2. The maximum Gasteiger partial charge on any atom is 0.139 e. The van der Waals surface area contributed by atoms with Crippen molar-refractivity contribution in [3.63, 3.8) is 0 Å². The average Bonchev–Trinajstić information content (AvgIpc) is 2.86. The summed E-state index contributed by atoms with van der Waals surface area (Å²) in [5.41, 5.74) is 1.88. The second-order valence-corrected chi connectivity index (χ2v) is 5.35. The summed E-state index contributed by atoms with van der Waals surface area (Å²) < 4.78 is 7.11. The number of aliphatic hydroxyl groups is 1. The molecule has 0 aliphatic heterocycles. The molecule has 0 fully saturated rings. The van der Waals surface area contributed by atoms with Crippen LogP contribution in [-0.4, -0.2) is 33.1 Å². The molecule has 0 atom stereocenters. The molecule has 1 N–H and O–H groups in total. The minimum atomic E-state index is -0.0137.